The maximum absolute atomic E-state index is 12.1. The number of hydrogen-bond acceptors (Lipinski definition) is 4. The number of rotatable bonds is 6. The van der Waals surface area contributed by atoms with Gasteiger partial charge in [0, 0.05) is 35.5 Å². The normalized spacial score (nSPS) is 10.9. The summed E-state index contributed by atoms with van der Waals surface area (Å²) in [6.45, 7) is 5.54. The first-order valence-corrected chi connectivity index (χ1v) is 7.15. The van der Waals surface area contributed by atoms with Crippen LogP contribution in [0.5, 0.6) is 0 Å². The van der Waals surface area contributed by atoms with Crippen LogP contribution in [-0.4, -0.2) is 16.5 Å². The minimum atomic E-state index is -0.453. The van der Waals surface area contributed by atoms with Crippen LogP contribution in [0, 0.1) is 16.0 Å². The number of non-ortho nitro benzene ring substituents is 1. The molecular weight excluding hydrogens is 282 g/mol. The summed E-state index contributed by atoms with van der Waals surface area (Å²) in [6, 6.07) is 9.72. The van der Waals surface area contributed by atoms with Crippen LogP contribution in [0.2, 0.25) is 0 Å². The van der Waals surface area contributed by atoms with Crippen LogP contribution < -0.4 is 10.9 Å². The molecule has 6 nitrogen and oxygen atoms in total. The maximum Gasteiger partial charge on any atom is 0.270 e. The highest BCUT2D eigenvalue weighted by Crippen LogP contribution is 2.21. The van der Waals surface area contributed by atoms with E-state index in [1.165, 1.54) is 12.1 Å². The van der Waals surface area contributed by atoms with Gasteiger partial charge < -0.3 is 10.3 Å². The molecule has 1 aromatic carbocycles. The third-order valence-electron chi connectivity index (χ3n) is 3.23. The smallest absolute Gasteiger partial charge is 0.270 e. The first-order valence-electron chi connectivity index (χ1n) is 7.15. The van der Waals surface area contributed by atoms with Gasteiger partial charge in [-0.15, -0.1) is 0 Å². The highest BCUT2D eigenvalue weighted by atomic mass is 16.6. The fraction of sp³-hybridized carbons (Fsp3) is 0.312. The van der Waals surface area contributed by atoms with Crippen molar-refractivity contribution in [1.29, 1.82) is 0 Å². The summed E-state index contributed by atoms with van der Waals surface area (Å²) in [5, 5.41) is 14.0. The number of nitrogens with one attached hydrogen (secondary N) is 2. The van der Waals surface area contributed by atoms with E-state index in [-0.39, 0.29) is 11.2 Å². The molecule has 2 N–H and O–H groups in total. The number of nitro benzene ring substituents is 1. The Morgan fingerprint density at radius 3 is 2.68 bits per heavy atom. The van der Waals surface area contributed by atoms with Crippen molar-refractivity contribution < 1.29 is 4.92 Å². The fourth-order valence-electron chi connectivity index (χ4n) is 2.09. The lowest BCUT2D eigenvalue weighted by atomic mass is 10.1. The molecule has 116 valence electrons. The van der Waals surface area contributed by atoms with Crippen molar-refractivity contribution in [1.82, 2.24) is 10.3 Å². The topological polar surface area (TPSA) is 88.0 Å². The van der Waals surface area contributed by atoms with E-state index in [0.29, 0.717) is 29.3 Å². The molecule has 2 rings (SSSR count). The summed E-state index contributed by atoms with van der Waals surface area (Å²) in [7, 11) is 0. The third kappa shape index (κ3) is 4.02. The summed E-state index contributed by atoms with van der Waals surface area (Å²) >= 11 is 0. The second-order valence-corrected chi connectivity index (χ2v) is 5.56. The van der Waals surface area contributed by atoms with Crippen LogP contribution in [0.4, 0.5) is 5.69 Å². The summed E-state index contributed by atoms with van der Waals surface area (Å²) in [5.41, 5.74) is 1.66. The van der Waals surface area contributed by atoms with Gasteiger partial charge in [0.15, 0.2) is 0 Å². The van der Waals surface area contributed by atoms with Crippen molar-refractivity contribution in [3.8, 4) is 11.3 Å². The number of H-pyrrole nitrogens is 1. The van der Waals surface area contributed by atoms with Crippen LogP contribution in [0.15, 0.2) is 41.2 Å². The molecule has 22 heavy (non-hydrogen) atoms. The molecule has 0 aliphatic rings. The molecule has 0 spiro atoms. The molecule has 0 saturated heterocycles. The Balaban J connectivity index is 2.20. The molecule has 0 atom stereocenters. The van der Waals surface area contributed by atoms with Crippen molar-refractivity contribution >= 4 is 5.69 Å². The van der Waals surface area contributed by atoms with Crippen LogP contribution in [-0.2, 0) is 6.54 Å². The Morgan fingerprint density at radius 1 is 1.27 bits per heavy atom. The molecule has 0 unspecified atom stereocenters. The van der Waals surface area contributed by atoms with E-state index in [2.05, 4.69) is 24.1 Å². The molecule has 0 amide bonds. The summed E-state index contributed by atoms with van der Waals surface area (Å²) < 4.78 is 0. The molecule has 0 aliphatic heterocycles. The maximum atomic E-state index is 12.1. The van der Waals surface area contributed by atoms with Crippen molar-refractivity contribution in [2.24, 2.45) is 5.92 Å². The van der Waals surface area contributed by atoms with Gasteiger partial charge in [0.25, 0.3) is 11.2 Å². The lowest BCUT2D eigenvalue weighted by Crippen LogP contribution is -2.24. The number of aromatic amines is 1. The third-order valence-corrected chi connectivity index (χ3v) is 3.23. The summed E-state index contributed by atoms with van der Waals surface area (Å²) in [4.78, 5) is 25.2. The van der Waals surface area contributed by atoms with Gasteiger partial charge in [0.05, 0.1) is 4.92 Å². The Kier molecular flexibility index (Phi) is 5.06. The lowest BCUT2D eigenvalue weighted by molar-refractivity contribution is -0.384. The number of aromatic nitrogens is 1. The molecule has 6 heteroatoms. The predicted molar refractivity (Wildman–Crippen MR) is 85.7 cm³/mol. The number of nitro groups is 1. The first kappa shape index (κ1) is 15.9. The van der Waals surface area contributed by atoms with E-state index in [9.17, 15) is 14.9 Å². The van der Waals surface area contributed by atoms with Crippen molar-refractivity contribution in [3.05, 3.63) is 62.4 Å². The highest BCUT2D eigenvalue weighted by molar-refractivity contribution is 5.62. The molecule has 0 saturated carbocycles. The summed E-state index contributed by atoms with van der Waals surface area (Å²) in [6.07, 6.45) is 0. The van der Waals surface area contributed by atoms with Gasteiger partial charge in [-0.3, -0.25) is 14.9 Å². The van der Waals surface area contributed by atoms with Crippen molar-refractivity contribution in [2.75, 3.05) is 6.54 Å². The summed E-state index contributed by atoms with van der Waals surface area (Å²) in [5.74, 6) is 0.517. The van der Waals surface area contributed by atoms with Crippen molar-refractivity contribution in [2.45, 2.75) is 20.4 Å². The predicted octanol–water partition coefficient (Wildman–Crippen LogP) is 2.70. The first-order chi connectivity index (χ1) is 10.5. The van der Waals surface area contributed by atoms with Crippen LogP contribution in [0.3, 0.4) is 0 Å². The lowest BCUT2D eigenvalue weighted by Gasteiger charge is -2.08. The van der Waals surface area contributed by atoms with Gasteiger partial charge in [-0.25, -0.2) is 0 Å². The molecule has 0 radical (unpaired) electrons. The standard InChI is InChI=1S/C16H19N3O3/c1-11(2)9-17-10-13-6-7-15(18-16(13)20)12-4-3-5-14(8-12)19(21)22/h3-8,11,17H,9-10H2,1-2H3,(H,18,20). The van der Waals surface area contributed by atoms with E-state index in [1.807, 2.05) is 0 Å². The van der Waals surface area contributed by atoms with E-state index >= 15 is 0 Å². The largest absolute Gasteiger partial charge is 0.322 e. The molecule has 2 aromatic rings. The van der Waals surface area contributed by atoms with Crippen LogP contribution in [0.25, 0.3) is 11.3 Å². The van der Waals surface area contributed by atoms with Gasteiger partial charge in [-0.1, -0.05) is 32.0 Å². The average Bonchev–Trinajstić information content (AvgIpc) is 2.48. The van der Waals surface area contributed by atoms with E-state index in [1.54, 1.807) is 24.3 Å². The zero-order valence-electron chi connectivity index (χ0n) is 12.6. The quantitative estimate of drug-likeness (QED) is 0.634. The molecule has 1 aromatic heterocycles. The second kappa shape index (κ2) is 7.00. The molecular formula is C16H19N3O3. The molecule has 0 aliphatic carbocycles. The number of hydrogen-bond donors (Lipinski definition) is 2. The van der Waals surface area contributed by atoms with Gasteiger partial charge in [-0.05, 0) is 18.5 Å². The van der Waals surface area contributed by atoms with E-state index < -0.39 is 4.92 Å². The molecule has 0 bridgehead atoms. The number of benzene rings is 1. The number of pyridine rings is 1. The monoisotopic (exact) mass is 301 g/mol. The number of nitrogens with zero attached hydrogens (tertiary/aromatic N) is 1. The van der Waals surface area contributed by atoms with E-state index in [4.69, 9.17) is 0 Å². The van der Waals surface area contributed by atoms with E-state index in [0.717, 1.165) is 6.54 Å². The van der Waals surface area contributed by atoms with Gasteiger partial charge in [0.1, 0.15) is 0 Å². The molecule has 1 heterocycles. The fourth-order valence-corrected chi connectivity index (χ4v) is 2.09. The Hall–Kier alpha value is -2.47. The minimum absolute atomic E-state index is 0.000950. The minimum Gasteiger partial charge on any atom is -0.322 e. The van der Waals surface area contributed by atoms with Crippen LogP contribution >= 0.6 is 0 Å². The zero-order chi connectivity index (χ0) is 16.1. The average molecular weight is 301 g/mol. The van der Waals surface area contributed by atoms with Gasteiger partial charge >= 0.3 is 0 Å². The van der Waals surface area contributed by atoms with Gasteiger partial charge in [-0.2, -0.15) is 0 Å². The second-order valence-electron chi connectivity index (χ2n) is 5.56. The van der Waals surface area contributed by atoms with Gasteiger partial charge in [0.2, 0.25) is 0 Å². The zero-order valence-corrected chi connectivity index (χ0v) is 12.6. The van der Waals surface area contributed by atoms with Crippen molar-refractivity contribution in [3.63, 3.8) is 0 Å². The Morgan fingerprint density at radius 2 is 2.05 bits per heavy atom. The molecule has 0 fully saturated rings. The van der Waals surface area contributed by atoms with Crippen LogP contribution in [0.1, 0.15) is 19.4 Å². The Bertz CT molecular complexity index is 723. The SMILES string of the molecule is CC(C)CNCc1ccc(-c2cccc([N+](=O)[O-])c2)[nH]c1=O. The Labute approximate surface area is 128 Å². The highest BCUT2D eigenvalue weighted by Gasteiger charge is 2.08.